The van der Waals surface area contributed by atoms with Crippen molar-refractivity contribution < 1.29 is 4.79 Å². The van der Waals surface area contributed by atoms with Crippen LogP contribution in [0.5, 0.6) is 0 Å². The zero-order chi connectivity index (χ0) is 16.9. The van der Waals surface area contributed by atoms with Crippen LogP contribution in [0.2, 0.25) is 0 Å². The normalized spacial score (nSPS) is 12.5. The van der Waals surface area contributed by atoms with Crippen LogP contribution in [0.3, 0.4) is 0 Å². The fourth-order valence-corrected chi connectivity index (χ4v) is 2.18. The molecule has 1 unspecified atom stereocenters. The molecule has 8 heteroatoms. The van der Waals surface area contributed by atoms with Crippen molar-refractivity contribution in [3.63, 3.8) is 0 Å². The van der Waals surface area contributed by atoms with Crippen LogP contribution < -0.4 is 16.0 Å². The summed E-state index contributed by atoms with van der Waals surface area (Å²) in [5, 5.41) is 8.68. The summed E-state index contributed by atoms with van der Waals surface area (Å²) >= 11 is 22.8. The number of benzene rings is 1. The number of rotatable bonds is 4. The van der Waals surface area contributed by atoms with E-state index in [4.69, 9.17) is 47.0 Å². The molecule has 0 aliphatic rings. The third-order valence-electron chi connectivity index (χ3n) is 2.87. The van der Waals surface area contributed by atoms with Crippen molar-refractivity contribution in [2.75, 3.05) is 5.32 Å². The number of carbonyl (C=O) groups is 1. The maximum atomic E-state index is 11.5. The summed E-state index contributed by atoms with van der Waals surface area (Å²) in [6, 6.07) is 5.94. The van der Waals surface area contributed by atoms with Crippen LogP contribution >= 0.6 is 47.0 Å². The number of halogens is 3. The molecule has 0 saturated heterocycles. The molecule has 0 bridgehead atoms. The molecule has 0 heterocycles. The maximum absolute atomic E-state index is 11.5. The minimum Gasteiger partial charge on any atom is -0.339 e. The Kier molecular flexibility index (Phi) is 7.19. The number of thiocarbonyl (C=S) groups is 1. The third-order valence-corrected chi connectivity index (χ3v) is 3.75. The van der Waals surface area contributed by atoms with Crippen LogP contribution in [0.15, 0.2) is 18.2 Å². The number of amides is 1. The molecule has 122 valence electrons. The highest BCUT2D eigenvalue weighted by Crippen LogP contribution is 2.29. The van der Waals surface area contributed by atoms with E-state index in [0.717, 1.165) is 16.8 Å². The highest BCUT2D eigenvalue weighted by molar-refractivity contribution is 7.80. The van der Waals surface area contributed by atoms with Gasteiger partial charge < -0.3 is 16.0 Å². The van der Waals surface area contributed by atoms with Gasteiger partial charge >= 0.3 is 0 Å². The number of hydrogen-bond donors (Lipinski definition) is 3. The number of nitrogens with one attached hydrogen (secondary N) is 3. The lowest BCUT2D eigenvalue weighted by Gasteiger charge is -2.27. The van der Waals surface area contributed by atoms with Gasteiger partial charge in [-0.3, -0.25) is 4.79 Å². The first-order valence-corrected chi connectivity index (χ1v) is 8.18. The number of hydrogen-bond acceptors (Lipinski definition) is 2. The molecule has 0 saturated carbocycles. The van der Waals surface area contributed by atoms with E-state index < -0.39 is 9.96 Å². The Bertz CT molecular complexity index is 561. The zero-order valence-electron chi connectivity index (χ0n) is 12.5. The summed E-state index contributed by atoms with van der Waals surface area (Å²) in [5.74, 6) is -0.252. The standard InChI is InChI=1S/C14H18Cl3N3OS/c1-4-11(21)19-12(14(15,16)17)20-13(22)18-10-7-8(2)5-6-9(10)3/h5-7,12H,4H2,1-3H3,(H,19,21)(H2,18,20,22). The van der Waals surface area contributed by atoms with Gasteiger partial charge in [0.25, 0.3) is 0 Å². The quantitative estimate of drug-likeness (QED) is 0.421. The van der Waals surface area contributed by atoms with Crippen LogP contribution in [-0.2, 0) is 4.79 Å². The van der Waals surface area contributed by atoms with Crippen LogP contribution in [0.4, 0.5) is 5.69 Å². The summed E-state index contributed by atoms with van der Waals surface area (Å²) in [7, 11) is 0. The molecule has 1 aromatic carbocycles. The highest BCUT2D eigenvalue weighted by atomic mass is 35.6. The van der Waals surface area contributed by atoms with E-state index in [1.807, 2.05) is 32.0 Å². The van der Waals surface area contributed by atoms with Gasteiger partial charge in [-0.25, -0.2) is 0 Å². The molecule has 4 nitrogen and oxygen atoms in total. The molecular formula is C14H18Cl3N3OS. The Labute approximate surface area is 150 Å². The summed E-state index contributed by atoms with van der Waals surface area (Å²) in [6.07, 6.45) is -0.661. The lowest BCUT2D eigenvalue weighted by Crippen LogP contribution is -2.56. The molecule has 1 amide bonds. The summed E-state index contributed by atoms with van der Waals surface area (Å²) in [4.78, 5) is 11.5. The molecule has 3 N–H and O–H groups in total. The van der Waals surface area contributed by atoms with E-state index in [1.54, 1.807) is 6.92 Å². The molecule has 1 aromatic rings. The van der Waals surface area contributed by atoms with Crippen molar-refractivity contribution in [2.45, 2.75) is 37.2 Å². The van der Waals surface area contributed by atoms with Crippen LogP contribution in [0.25, 0.3) is 0 Å². The van der Waals surface area contributed by atoms with Gasteiger partial charge in [-0.1, -0.05) is 53.9 Å². The predicted octanol–water partition coefficient (Wildman–Crippen LogP) is 3.81. The minimum absolute atomic E-state index is 0.251. The third kappa shape index (κ3) is 6.16. The van der Waals surface area contributed by atoms with Crippen molar-refractivity contribution in [3.8, 4) is 0 Å². The summed E-state index contributed by atoms with van der Waals surface area (Å²) in [5.41, 5.74) is 2.97. The van der Waals surface area contributed by atoms with Crippen molar-refractivity contribution in [2.24, 2.45) is 0 Å². The molecule has 0 fully saturated rings. The molecule has 0 spiro atoms. The predicted molar refractivity (Wildman–Crippen MR) is 97.8 cm³/mol. The van der Waals surface area contributed by atoms with Crippen molar-refractivity contribution in [1.29, 1.82) is 0 Å². The molecule has 1 rings (SSSR count). The van der Waals surface area contributed by atoms with E-state index in [-0.39, 0.29) is 17.4 Å². The van der Waals surface area contributed by atoms with Crippen LogP contribution in [0, 0.1) is 13.8 Å². The van der Waals surface area contributed by atoms with Crippen molar-refractivity contribution in [3.05, 3.63) is 29.3 Å². The lowest BCUT2D eigenvalue weighted by molar-refractivity contribution is -0.121. The average Bonchev–Trinajstić information content (AvgIpc) is 2.41. The Morgan fingerprint density at radius 2 is 1.91 bits per heavy atom. The lowest BCUT2D eigenvalue weighted by atomic mass is 10.1. The summed E-state index contributed by atoms with van der Waals surface area (Å²) in [6.45, 7) is 5.64. The molecule has 22 heavy (non-hydrogen) atoms. The second-order valence-corrected chi connectivity index (χ2v) is 7.59. The van der Waals surface area contributed by atoms with Crippen molar-refractivity contribution in [1.82, 2.24) is 10.6 Å². The number of anilines is 1. The monoisotopic (exact) mass is 381 g/mol. The Hall–Kier alpha value is -0.750. The topological polar surface area (TPSA) is 53.2 Å². The van der Waals surface area contributed by atoms with Crippen molar-refractivity contribution >= 4 is 63.7 Å². The van der Waals surface area contributed by atoms with E-state index in [1.165, 1.54) is 0 Å². The van der Waals surface area contributed by atoms with Gasteiger partial charge in [-0.2, -0.15) is 0 Å². The Morgan fingerprint density at radius 1 is 1.27 bits per heavy atom. The SMILES string of the molecule is CCC(=O)NC(NC(=S)Nc1cc(C)ccc1C)C(Cl)(Cl)Cl. The van der Waals surface area contributed by atoms with Gasteiger partial charge in [0.2, 0.25) is 9.70 Å². The van der Waals surface area contributed by atoms with Gasteiger partial charge in [0.1, 0.15) is 6.17 Å². The first-order valence-electron chi connectivity index (χ1n) is 6.64. The highest BCUT2D eigenvalue weighted by Gasteiger charge is 2.34. The number of aryl methyl sites for hydroxylation is 2. The van der Waals surface area contributed by atoms with Gasteiger partial charge in [-0.15, -0.1) is 0 Å². The smallest absolute Gasteiger partial charge is 0.228 e. The fourth-order valence-electron chi connectivity index (χ4n) is 1.62. The van der Waals surface area contributed by atoms with E-state index in [9.17, 15) is 4.79 Å². The first-order chi connectivity index (χ1) is 10.1. The fraction of sp³-hybridized carbons (Fsp3) is 0.429. The molecular weight excluding hydrogens is 365 g/mol. The second-order valence-electron chi connectivity index (χ2n) is 4.81. The molecule has 0 aromatic heterocycles. The molecule has 0 aliphatic heterocycles. The van der Waals surface area contributed by atoms with Crippen LogP contribution in [-0.4, -0.2) is 21.0 Å². The average molecular weight is 383 g/mol. The Morgan fingerprint density at radius 3 is 2.45 bits per heavy atom. The largest absolute Gasteiger partial charge is 0.339 e. The number of alkyl halides is 3. The summed E-state index contributed by atoms with van der Waals surface area (Å²) < 4.78 is -1.74. The molecule has 0 radical (unpaired) electrons. The minimum atomic E-state index is -1.74. The molecule has 0 aliphatic carbocycles. The van der Waals surface area contributed by atoms with Gasteiger partial charge in [0, 0.05) is 12.1 Å². The molecule has 1 atom stereocenters. The van der Waals surface area contributed by atoms with E-state index in [0.29, 0.717) is 0 Å². The van der Waals surface area contributed by atoms with Crippen LogP contribution in [0.1, 0.15) is 24.5 Å². The van der Waals surface area contributed by atoms with Gasteiger partial charge in [0.15, 0.2) is 5.11 Å². The Balaban J connectivity index is 2.79. The van der Waals surface area contributed by atoms with E-state index >= 15 is 0 Å². The van der Waals surface area contributed by atoms with Gasteiger partial charge in [-0.05, 0) is 43.3 Å². The van der Waals surface area contributed by atoms with E-state index in [2.05, 4.69) is 16.0 Å². The second kappa shape index (κ2) is 8.20. The number of carbonyl (C=O) groups excluding carboxylic acids is 1. The van der Waals surface area contributed by atoms with Gasteiger partial charge in [0.05, 0.1) is 0 Å². The maximum Gasteiger partial charge on any atom is 0.228 e. The zero-order valence-corrected chi connectivity index (χ0v) is 15.6. The first kappa shape index (κ1) is 19.3.